The summed E-state index contributed by atoms with van der Waals surface area (Å²) in [6, 6.07) is 6.80. The average Bonchev–Trinajstić information content (AvgIpc) is 2.34. The van der Waals surface area contributed by atoms with Crippen LogP contribution < -0.4 is 10.1 Å². The molecule has 4 nitrogen and oxygen atoms in total. The van der Waals surface area contributed by atoms with Crippen molar-refractivity contribution in [3.8, 4) is 5.75 Å². The summed E-state index contributed by atoms with van der Waals surface area (Å²) in [4.78, 5) is 11.6. The smallest absolute Gasteiger partial charge is 0.251 e. The Morgan fingerprint density at radius 1 is 1.53 bits per heavy atom. The van der Waals surface area contributed by atoms with Crippen LogP contribution in [0.25, 0.3) is 0 Å². The number of rotatable bonds is 6. The van der Waals surface area contributed by atoms with Crippen molar-refractivity contribution in [3.05, 3.63) is 42.5 Å². The van der Waals surface area contributed by atoms with E-state index in [1.54, 1.807) is 37.3 Å². The molecule has 4 heteroatoms. The zero-order valence-electron chi connectivity index (χ0n) is 9.85. The lowest BCUT2D eigenvalue weighted by Crippen LogP contribution is -2.30. The van der Waals surface area contributed by atoms with E-state index in [4.69, 9.17) is 9.84 Å². The molecule has 1 unspecified atom stereocenters. The van der Waals surface area contributed by atoms with Gasteiger partial charge in [-0.3, -0.25) is 4.79 Å². The monoisotopic (exact) mass is 235 g/mol. The van der Waals surface area contributed by atoms with Crippen molar-refractivity contribution < 1.29 is 14.6 Å². The minimum Gasteiger partial charge on any atom is -0.490 e. The lowest BCUT2D eigenvalue weighted by molar-refractivity contribution is 0.0924. The van der Waals surface area contributed by atoms with Gasteiger partial charge in [-0.15, -0.1) is 0 Å². The fourth-order valence-corrected chi connectivity index (χ4v) is 1.20. The van der Waals surface area contributed by atoms with E-state index in [1.165, 1.54) is 0 Å². The van der Waals surface area contributed by atoms with Crippen LogP contribution in [-0.2, 0) is 0 Å². The van der Waals surface area contributed by atoms with Crippen LogP contribution in [-0.4, -0.2) is 30.3 Å². The normalized spacial score (nSPS) is 11.6. The maximum Gasteiger partial charge on any atom is 0.251 e. The Morgan fingerprint density at radius 2 is 2.18 bits per heavy atom. The van der Waals surface area contributed by atoms with Gasteiger partial charge in [-0.25, -0.2) is 0 Å². The van der Waals surface area contributed by atoms with E-state index in [1.807, 2.05) is 0 Å². The predicted octanol–water partition coefficient (Wildman–Crippen LogP) is 1.36. The summed E-state index contributed by atoms with van der Waals surface area (Å²) in [5.74, 6) is 0.484. The maximum absolute atomic E-state index is 11.6. The van der Waals surface area contributed by atoms with Gasteiger partial charge in [0.25, 0.3) is 5.91 Å². The number of aliphatic hydroxyl groups is 1. The summed E-state index contributed by atoms with van der Waals surface area (Å²) >= 11 is 0. The lowest BCUT2D eigenvalue weighted by atomic mass is 10.2. The predicted molar refractivity (Wildman–Crippen MR) is 66.1 cm³/mol. The Labute approximate surface area is 101 Å². The molecule has 0 aliphatic heterocycles. The number of amides is 1. The van der Waals surface area contributed by atoms with Gasteiger partial charge in [0.15, 0.2) is 0 Å². The molecule has 1 rings (SSSR count). The summed E-state index contributed by atoms with van der Waals surface area (Å²) in [7, 11) is 0. The maximum atomic E-state index is 11.6. The first-order valence-electron chi connectivity index (χ1n) is 5.43. The number of hydrogen-bond donors (Lipinski definition) is 2. The SMILES string of the molecule is C=CCOc1ccc(C(=O)NCC(C)O)cc1. The number of nitrogens with one attached hydrogen (secondary N) is 1. The molecule has 0 saturated heterocycles. The highest BCUT2D eigenvalue weighted by Crippen LogP contribution is 2.12. The van der Waals surface area contributed by atoms with Gasteiger partial charge >= 0.3 is 0 Å². The quantitative estimate of drug-likeness (QED) is 0.732. The summed E-state index contributed by atoms with van der Waals surface area (Å²) in [6.45, 7) is 5.85. The van der Waals surface area contributed by atoms with Crippen LogP contribution >= 0.6 is 0 Å². The summed E-state index contributed by atoms with van der Waals surface area (Å²) in [6.07, 6.45) is 1.11. The molecule has 1 atom stereocenters. The van der Waals surface area contributed by atoms with Gasteiger partial charge in [-0.05, 0) is 31.2 Å². The number of benzene rings is 1. The number of carbonyl (C=O) groups excluding carboxylic acids is 1. The molecule has 2 N–H and O–H groups in total. The van der Waals surface area contributed by atoms with Gasteiger partial charge in [0.05, 0.1) is 6.10 Å². The third-order valence-electron chi connectivity index (χ3n) is 2.04. The van der Waals surface area contributed by atoms with Crippen molar-refractivity contribution in [2.24, 2.45) is 0 Å². The number of aliphatic hydroxyl groups excluding tert-OH is 1. The molecule has 1 amide bonds. The van der Waals surface area contributed by atoms with E-state index in [0.29, 0.717) is 17.9 Å². The number of hydrogen-bond acceptors (Lipinski definition) is 3. The molecule has 0 aliphatic rings. The topological polar surface area (TPSA) is 58.6 Å². The van der Waals surface area contributed by atoms with Crippen LogP contribution in [0.5, 0.6) is 5.75 Å². The zero-order valence-corrected chi connectivity index (χ0v) is 9.85. The van der Waals surface area contributed by atoms with Crippen LogP contribution in [0.4, 0.5) is 0 Å². The van der Waals surface area contributed by atoms with Gasteiger partial charge in [-0.1, -0.05) is 12.7 Å². The van der Waals surface area contributed by atoms with Crippen LogP contribution in [0, 0.1) is 0 Å². The molecular formula is C13H17NO3. The Bertz CT molecular complexity index is 371. The highest BCUT2D eigenvalue weighted by molar-refractivity contribution is 5.94. The first kappa shape index (κ1) is 13.3. The Kier molecular flexibility index (Phi) is 5.23. The van der Waals surface area contributed by atoms with Crippen LogP contribution in [0.2, 0.25) is 0 Å². The summed E-state index contributed by atoms with van der Waals surface area (Å²) < 4.78 is 5.30. The third kappa shape index (κ3) is 4.70. The fourth-order valence-electron chi connectivity index (χ4n) is 1.20. The minimum atomic E-state index is -0.547. The fraction of sp³-hybridized carbons (Fsp3) is 0.308. The molecule has 0 aromatic heterocycles. The molecule has 0 radical (unpaired) electrons. The Hall–Kier alpha value is -1.81. The number of ether oxygens (including phenoxy) is 1. The van der Waals surface area contributed by atoms with Crippen molar-refractivity contribution in [2.45, 2.75) is 13.0 Å². The second-order valence-electron chi connectivity index (χ2n) is 3.68. The van der Waals surface area contributed by atoms with Crippen LogP contribution in [0.15, 0.2) is 36.9 Å². The van der Waals surface area contributed by atoms with E-state index < -0.39 is 6.10 Å². The second kappa shape index (κ2) is 6.70. The van der Waals surface area contributed by atoms with Gasteiger partial charge in [0, 0.05) is 12.1 Å². The van der Waals surface area contributed by atoms with Crippen molar-refractivity contribution in [1.29, 1.82) is 0 Å². The summed E-state index contributed by atoms with van der Waals surface area (Å²) in [5, 5.41) is 11.7. The van der Waals surface area contributed by atoms with E-state index in [0.717, 1.165) is 0 Å². The molecule has 1 aromatic carbocycles. The third-order valence-corrected chi connectivity index (χ3v) is 2.04. The van der Waals surface area contributed by atoms with E-state index >= 15 is 0 Å². The van der Waals surface area contributed by atoms with Crippen LogP contribution in [0.3, 0.4) is 0 Å². The molecule has 0 fully saturated rings. The molecule has 17 heavy (non-hydrogen) atoms. The van der Waals surface area contributed by atoms with Crippen molar-refractivity contribution >= 4 is 5.91 Å². The molecular weight excluding hydrogens is 218 g/mol. The number of carbonyl (C=O) groups is 1. The highest BCUT2D eigenvalue weighted by atomic mass is 16.5. The first-order chi connectivity index (χ1) is 8.13. The van der Waals surface area contributed by atoms with Crippen LogP contribution in [0.1, 0.15) is 17.3 Å². The Morgan fingerprint density at radius 3 is 2.71 bits per heavy atom. The van der Waals surface area contributed by atoms with E-state index in [2.05, 4.69) is 11.9 Å². The molecule has 0 aliphatic carbocycles. The minimum absolute atomic E-state index is 0.207. The molecule has 0 heterocycles. The average molecular weight is 235 g/mol. The zero-order chi connectivity index (χ0) is 12.7. The van der Waals surface area contributed by atoms with Gasteiger partial charge in [-0.2, -0.15) is 0 Å². The van der Waals surface area contributed by atoms with E-state index in [-0.39, 0.29) is 12.5 Å². The molecule has 92 valence electrons. The van der Waals surface area contributed by atoms with Gasteiger partial charge < -0.3 is 15.2 Å². The van der Waals surface area contributed by atoms with Gasteiger partial charge in [0.2, 0.25) is 0 Å². The highest BCUT2D eigenvalue weighted by Gasteiger charge is 2.06. The largest absolute Gasteiger partial charge is 0.490 e. The molecule has 1 aromatic rings. The second-order valence-corrected chi connectivity index (χ2v) is 3.68. The standard InChI is InChI=1S/C13H17NO3/c1-3-8-17-12-6-4-11(5-7-12)13(16)14-9-10(2)15/h3-7,10,15H,1,8-9H2,2H3,(H,14,16). The van der Waals surface area contributed by atoms with E-state index in [9.17, 15) is 4.79 Å². The first-order valence-corrected chi connectivity index (χ1v) is 5.43. The van der Waals surface area contributed by atoms with Crippen molar-refractivity contribution in [2.75, 3.05) is 13.2 Å². The van der Waals surface area contributed by atoms with Crippen molar-refractivity contribution in [3.63, 3.8) is 0 Å². The molecule has 0 spiro atoms. The Balaban J connectivity index is 2.54. The van der Waals surface area contributed by atoms with Gasteiger partial charge in [0.1, 0.15) is 12.4 Å². The molecule has 0 saturated carbocycles. The molecule has 0 bridgehead atoms. The lowest BCUT2D eigenvalue weighted by Gasteiger charge is -2.08. The summed E-state index contributed by atoms with van der Waals surface area (Å²) in [5.41, 5.74) is 0.539. The van der Waals surface area contributed by atoms with Crippen molar-refractivity contribution in [1.82, 2.24) is 5.32 Å².